The molecule has 116 valence electrons. The molecule has 1 aromatic heterocycles. The fourth-order valence-corrected chi connectivity index (χ4v) is 2.66. The summed E-state index contributed by atoms with van der Waals surface area (Å²) in [5.74, 6) is 0.241. The molecule has 1 N–H and O–H groups in total. The third-order valence-electron chi connectivity index (χ3n) is 3.97. The van der Waals surface area contributed by atoms with Crippen molar-refractivity contribution in [3.05, 3.63) is 42.7 Å². The van der Waals surface area contributed by atoms with Crippen LogP contribution in [0.1, 0.15) is 12.8 Å². The van der Waals surface area contributed by atoms with E-state index in [9.17, 15) is 4.79 Å². The number of rotatable bonds is 5. The van der Waals surface area contributed by atoms with E-state index in [0.717, 1.165) is 24.0 Å². The quantitative estimate of drug-likeness (QED) is 0.920. The SMILES string of the molecule is O=C(NCCn1cc(-c2ccccc2)cn1)C1CCOCC1. The van der Waals surface area contributed by atoms with Crippen LogP contribution in [-0.4, -0.2) is 35.4 Å². The molecule has 0 radical (unpaired) electrons. The van der Waals surface area contributed by atoms with E-state index in [-0.39, 0.29) is 11.8 Å². The Bertz CT molecular complexity index is 603. The Labute approximate surface area is 130 Å². The second kappa shape index (κ2) is 7.22. The summed E-state index contributed by atoms with van der Waals surface area (Å²) in [5.41, 5.74) is 2.25. The number of benzene rings is 1. The lowest BCUT2D eigenvalue weighted by atomic mass is 9.99. The van der Waals surface area contributed by atoms with Gasteiger partial charge in [0.05, 0.1) is 12.7 Å². The van der Waals surface area contributed by atoms with Crippen LogP contribution < -0.4 is 5.32 Å². The van der Waals surface area contributed by atoms with Gasteiger partial charge in [0.1, 0.15) is 0 Å². The lowest BCUT2D eigenvalue weighted by molar-refractivity contribution is -0.127. The highest BCUT2D eigenvalue weighted by molar-refractivity contribution is 5.78. The van der Waals surface area contributed by atoms with Gasteiger partial charge in [-0.3, -0.25) is 9.48 Å². The summed E-state index contributed by atoms with van der Waals surface area (Å²) in [6, 6.07) is 10.2. The molecule has 0 aliphatic carbocycles. The molecule has 0 saturated carbocycles. The number of hydrogen-bond donors (Lipinski definition) is 1. The first kappa shape index (κ1) is 14.8. The third kappa shape index (κ3) is 3.74. The Morgan fingerprint density at radius 1 is 1.23 bits per heavy atom. The van der Waals surface area contributed by atoms with Gasteiger partial charge in [-0.1, -0.05) is 30.3 Å². The summed E-state index contributed by atoms with van der Waals surface area (Å²) in [7, 11) is 0. The Morgan fingerprint density at radius 2 is 2.00 bits per heavy atom. The van der Waals surface area contributed by atoms with Crippen molar-refractivity contribution in [1.29, 1.82) is 0 Å². The predicted octanol–water partition coefficient (Wildman–Crippen LogP) is 2.09. The van der Waals surface area contributed by atoms with Crippen LogP contribution in [0.3, 0.4) is 0 Å². The summed E-state index contributed by atoms with van der Waals surface area (Å²) >= 11 is 0. The molecule has 0 bridgehead atoms. The van der Waals surface area contributed by atoms with E-state index in [1.54, 1.807) is 0 Å². The maximum Gasteiger partial charge on any atom is 0.223 e. The summed E-state index contributed by atoms with van der Waals surface area (Å²) < 4.78 is 7.14. The van der Waals surface area contributed by atoms with E-state index in [1.807, 2.05) is 35.3 Å². The van der Waals surface area contributed by atoms with Gasteiger partial charge in [-0.05, 0) is 18.4 Å². The molecule has 5 nitrogen and oxygen atoms in total. The van der Waals surface area contributed by atoms with Crippen molar-refractivity contribution >= 4 is 5.91 Å². The van der Waals surface area contributed by atoms with Crippen molar-refractivity contribution in [1.82, 2.24) is 15.1 Å². The number of aromatic nitrogens is 2. The van der Waals surface area contributed by atoms with Crippen LogP contribution in [0.4, 0.5) is 0 Å². The van der Waals surface area contributed by atoms with Crippen LogP contribution in [0.2, 0.25) is 0 Å². The highest BCUT2D eigenvalue weighted by Crippen LogP contribution is 2.17. The molecule has 0 unspecified atom stereocenters. The van der Waals surface area contributed by atoms with Crippen molar-refractivity contribution in [3.63, 3.8) is 0 Å². The Kier molecular flexibility index (Phi) is 4.85. The second-order valence-corrected chi connectivity index (χ2v) is 5.54. The standard InChI is InChI=1S/C17H21N3O2/c21-17(15-6-10-22-11-7-15)18-8-9-20-13-16(12-19-20)14-4-2-1-3-5-14/h1-5,12-13,15H,6-11H2,(H,18,21). The second-order valence-electron chi connectivity index (χ2n) is 5.54. The summed E-state index contributed by atoms with van der Waals surface area (Å²) in [6.07, 6.45) is 5.52. The molecule has 1 aliphatic heterocycles. The summed E-state index contributed by atoms with van der Waals surface area (Å²) in [5, 5.41) is 7.34. The van der Waals surface area contributed by atoms with Gasteiger partial charge in [0.15, 0.2) is 0 Å². The van der Waals surface area contributed by atoms with Gasteiger partial charge >= 0.3 is 0 Å². The number of nitrogens with one attached hydrogen (secondary N) is 1. The van der Waals surface area contributed by atoms with Crippen LogP contribution in [0.15, 0.2) is 42.7 Å². The number of carbonyl (C=O) groups excluding carboxylic acids is 1. The van der Waals surface area contributed by atoms with E-state index in [2.05, 4.69) is 22.5 Å². The fraction of sp³-hybridized carbons (Fsp3) is 0.412. The first-order valence-corrected chi connectivity index (χ1v) is 7.76. The molecule has 22 heavy (non-hydrogen) atoms. The molecule has 2 heterocycles. The minimum Gasteiger partial charge on any atom is -0.381 e. The first-order valence-electron chi connectivity index (χ1n) is 7.76. The van der Waals surface area contributed by atoms with Gasteiger partial charge in [0, 0.05) is 37.4 Å². The van der Waals surface area contributed by atoms with Gasteiger partial charge in [-0.15, -0.1) is 0 Å². The Hall–Kier alpha value is -2.14. The monoisotopic (exact) mass is 299 g/mol. The van der Waals surface area contributed by atoms with Crippen molar-refractivity contribution in [2.45, 2.75) is 19.4 Å². The molecule has 5 heteroatoms. The maximum atomic E-state index is 12.0. The van der Waals surface area contributed by atoms with Crippen LogP contribution >= 0.6 is 0 Å². The van der Waals surface area contributed by atoms with Gasteiger partial charge < -0.3 is 10.1 Å². The van der Waals surface area contributed by atoms with Gasteiger partial charge in [-0.25, -0.2) is 0 Å². The third-order valence-corrected chi connectivity index (χ3v) is 3.97. The molecule has 3 rings (SSSR count). The predicted molar refractivity (Wildman–Crippen MR) is 84.2 cm³/mol. The van der Waals surface area contributed by atoms with E-state index in [1.165, 1.54) is 0 Å². The Morgan fingerprint density at radius 3 is 2.77 bits per heavy atom. The summed E-state index contributed by atoms with van der Waals surface area (Å²) in [6.45, 7) is 2.67. The molecule has 1 aromatic carbocycles. The smallest absolute Gasteiger partial charge is 0.223 e. The van der Waals surface area contributed by atoms with Crippen molar-refractivity contribution in [3.8, 4) is 11.1 Å². The largest absolute Gasteiger partial charge is 0.381 e. The molecule has 0 spiro atoms. The molecule has 0 atom stereocenters. The molecule has 1 saturated heterocycles. The average Bonchev–Trinajstić information content (AvgIpc) is 3.05. The lowest BCUT2D eigenvalue weighted by Gasteiger charge is -2.21. The van der Waals surface area contributed by atoms with Crippen molar-refractivity contribution in [2.75, 3.05) is 19.8 Å². The lowest BCUT2D eigenvalue weighted by Crippen LogP contribution is -2.35. The minimum atomic E-state index is 0.103. The van der Waals surface area contributed by atoms with Crippen LogP contribution in [0.5, 0.6) is 0 Å². The maximum absolute atomic E-state index is 12.0. The molecular weight excluding hydrogens is 278 g/mol. The topological polar surface area (TPSA) is 56.2 Å². The minimum absolute atomic E-state index is 0.103. The zero-order valence-electron chi connectivity index (χ0n) is 12.6. The van der Waals surface area contributed by atoms with Crippen LogP contribution in [0.25, 0.3) is 11.1 Å². The summed E-state index contributed by atoms with van der Waals surface area (Å²) in [4.78, 5) is 12.0. The number of hydrogen-bond acceptors (Lipinski definition) is 3. The van der Waals surface area contributed by atoms with Gasteiger partial charge in [0.25, 0.3) is 0 Å². The van der Waals surface area contributed by atoms with E-state index >= 15 is 0 Å². The molecule has 2 aromatic rings. The number of amides is 1. The van der Waals surface area contributed by atoms with Crippen molar-refractivity contribution < 1.29 is 9.53 Å². The number of nitrogens with zero attached hydrogens (tertiary/aromatic N) is 2. The first-order chi connectivity index (χ1) is 10.8. The Balaban J connectivity index is 1.48. The van der Waals surface area contributed by atoms with E-state index in [4.69, 9.17) is 4.74 Å². The molecule has 1 aliphatic rings. The normalized spacial score (nSPS) is 15.6. The van der Waals surface area contributed by atoms with E-state index < -0.39 is 0 Å². The van der Waals surface area contributed by atoms with Crippen LogP contribution in [-0.2, 0) is 16.1 Å². The van der Waals surface area contributed by atoms with Gasteiger partial charge in [-0.2, -0.15) is 5.10 Å². The highest BCUT2D eigenvalue weighted by Gasteiger charge is 2.20. The highest BCUT2D eigenvalue weighted by atomic mass is 16.5. The molecular formula is C17H21N3O2. The average molecular weight is 299 g/mol. The number of ether oxygens (including phenoxy) is 1. The van der Waals surface area contributed by atoms with E-state index in [0.29, 0.717) is 26.3 Å². The fourth-order valence-electron chi connectivity index (χ4n) is 2.66. The van der Waals surface area contributed by atoms with Crippen LogP contribution in [0, 0.1) is 5.92 Å². The van der Waals surface area contributed by atoms with Gasteiger partial charge in [0.2, 0.25) is 5.91 Å². The van der Waals surface area contributed by atoms with Crippen molar-refractivity contribution in [2.24, 2.45) is 5.92 Å². The zero-order chi connectivity index (χ0) is 15.2. The number of carbonyl (C=O) groups is 1. The molecule has 1 fully saturated rings. The molecule has 1 amide bonds. The zero-order valence-corrected chi connectivity index (χ0v) is 12.6.